The SMILES string of the molecule is CCCN=S=O.CCN(CCOC)C(=O)n1c(=O)n(Cc2ccccc2)c2ncnc(N)c21. The third kappa shape index (κ3) is 6.56. The van der Waals surface area contributed by atoms with Gasteiger partial charge >= 0.3 is 11.7 Å². The number of rotatable bonds is 8. The van der Waals surface area contributed by atoms with Crippen molar-refractivity contribution >= 4 is 34.5 Å². The summed E-state index contributed by atoms with van der Waals surface area (Å²) in [6.45, 7) is 5.93. The summed E-state index contributed by atoms with van der Waals surface area (Å²) in [5.74, 6) is 0.0834. The molecule has 0 unspecified atom stereocenters. The molecule has 0 aliphatic rings. The van der Waals surface area contributed by atoms with Gasteiger partial charge in [0.05, 0.1) is 19.7 Å². The molecule has 0 aliphatic heterocycles. The molecule has 2 aromatic heterocycles. The molecule has 0 fully saturated rings. The summed E-state index contributed by atoms with van der Waals surface area (Å²) in [5.41, 5.74) is 6.95. The van der Waals surface area contributed by atoms with Gasteiger partial charge in [0.25, 0.3) is 0 Å². The van der Waals surface area contributed by atoms with Crippen molar-refractivity contribution < 1.29 is 13.7 Å². The average molecular weight is 476 g/mol. The smallest absolute Gasteiger partial charge is 0.339 e. The summed E-state index contributed by atoms with van der Waals surface area (Å²) in [4.78, 5) is 35.8. The van der Waals surface area contributed by atoms with E-state index in [-0.39, 0.29) is 17.9 Å². The summed E-state index contributed by atoms with van der Waals surface area (Å²) in [6.07, 6.45) is 2.26. The molecule has 12 heteroatoms. The summed E-state index contributed by atoms with van der Waals surface area (Å²) in [7, 11) is 1.56. The van der Waals surface area contributed by atoms with Crippen LogP contribution in [0.4, 0.5) is 10.6 Å². The summed E-state index contributed by atoms with van der Waals surface area (Å²) in [5, 5.41) is 0. The number of hydrogen-bond acceptors (Lipinski definition) is 8. The van der Waals surface area contributed by atoms with E-state index in [1.807, 2.05) is 44.2 Å². The van der Waals surface area contributed by atoms with E-state index in [0.29, 0.717) is 43.4 Å². The predicted molar refractivity (Wildman–Crippen MR) is 127 cm³/mol. The van der Waals surface area contributed by atoms with Crippen molar-refractivity contribution in [3.8, 4) is 0 Å². The van der Waals surface area contributed by atoms with Crippen LogP contribution in [0.1, 0.15) is 25.8 Å². The molecule has 3 rings (SSSR count). The Morgan fingerprint density at radius 3 is 2.55 bits per heavy atom. The van der Waals surface area contributed by atoms with Gasteiger partial charge in [-0.1, -0.05) is 37.3 Å². The first kappa shape index (κ1) is 25.9. The number of nitrogen functional groups attached to an aromatic ring is 1. The fraction of sp³-hybridized carbons (Fsp3) is 0.429. The Bertz CT molecular complexity index is 1160. The number of nitrogens with zero attached hydrogens (tertiary/aromatic N) is 6. The highest BCUT2D eigenvalue weighted by atomic mass is 32.1. The van der Waals surface area contributed by atoms with Crippen LogP contribution in [-0.4, -0.2) is 67.6 Å². The van der Waals surface area contributed by atoms with Gasteiger partial charge < -0.3 is 15.4 Å². The van der Waals surface area contributed by atoms with Gasteiger partial charge in [-0.05, 0) is 18.9 Å². The Morgan fingerprint density at radius 1 is 1.24 bits per heavy atom. The molecular weight excluding hydrogens is 446 g/mol. The number of anilines is 1. The lowest BCUT2D eigenvalue weighted by atomic mass is 10.2. The van der Waals surface area contributed by atoms with Crippen molar-refractivity contribution in [3.05, 3.63) is 52.7 Å². The third-order valence-electron chi connectivity index (χ3n) is 4.69. The van der Waals surface area contributed by atoms with Crippen LogP contribution in [0.25, 0.3) is 11.2 Å². The van der Waals surface area contributed by atoms with Gasteiger partial charge in [0, 0.05) is 20.2 Å². The minimum absolute atomic E-state index is 0.0834. The number of amides is 1. The van der Waals surface area contributed by atoms with Crippen LogP contribution in [0, 0.1) is 0 Å². The van der Waals surface area contributed by atoms with E-state index in [4.69, 9.17) is 10.5 Å². The Hall–Kier alpha value is -3.38. The zero-order chi connectivity index (χ0) is 24.2. The summed E-state index contributed by atoms with van der Waals surface area (Å²) < 4.78 is 20.4. The highest BCUT2D eigenvalue weighted by molar-refractivity contribution is 7.54. The number of methoxy groups -OCH3 is 1. The van der Waals surface area contributed by atoms with Crippen LogP contribution < -0.4 is 11.4 Å². The number of carbonyl (C=O) groups excluding carboxylic acids is 1. The van der Waals surface area contributed by atoms with Crippen molar-refractivity contribution in [3.63, 3.8) is 0 Å². The maximum Gasteiger partial charge on any atom is 0.339 e. The van der Waals surface area contributed by atoms with Crippen molar-refractivity contribution in [2.45, 2.75) is 26.8 Å². The predicted octanol–water partition coefficient (Wildman–Crippen LogP) is 1.95. The molecule has 0 atom stereocenters. The van der Waals surface area contributed by atoms with Crippen molar-refractivity contribution in [2.75, 3.05) is 39.1 Å². The van der Waals surface area contributed by atoms with Gasteiger partial charge in [0.1, 0.15) is 11.8 Å². The number of likely N-dealkylation sites (N-methyl/N-ethyl adjacent to an activating group) is 1. The second-order valence-corrected chi connectivity index (χ2v) is 7.31. The second-order valence-electron chi connectivity index (χ2n) is 6.90. The number of aromatic nitrogens is 4. The van der Waals surface area contributed by atoms with Crippen molar-refractivity contribution in [2.24, 2.45) is 4.36 Å². The van der Waals surface area contributed by atoms with E-state index >= 15 is 0 Å². The lowest BCUT2D eigenvalue weighted by Gasteiger charge is -2.20. The van der Waals surface area contributed by atoms with E-state index in [9.17, 15) is 13.8 Å². The summed E-state index contributed by atoms with van der Waals surface area (Å²) >= 11 is 0.301. The highest BCUT2D eigenvalue weighted by Gasteiger charge is 2.25. The number of ether oxygens (including phenoxy) is 1. The number of imidazole rings is 1. The zero-order valence-electron chi connectivity index (χ0n) is 19.0. The van der Waals surface area contributed by atoms with Crippen LogP contribution in [-0.2, 0) is 22.7 Å². The molecule has 2 heterocycles. The van der Waals surface area contributed by atoms with Crippen molar-refractivity contribution in [1.29, 1.82) is 0 Å². The standard InChI is InChI=1S/C18H22N6O3.C3H7NOS/c1-3-22(9-10-27-2)17(25)24-14-15(19)20-12-21-16(14)23(18(24)26)11-13-7-5-4-6-8-13;1-2-3-4-6-5/h4-8,12H,3,9-11H2,1-2H3,(H2,19,20,21);2-3H2,1H3. The molecule has 0 aliphatic carbocycles. The van der Waals surface area contributed by atoms with E-state index in [0.717, 1.165) is 16.6 Å². The first-order valence-electron chi connectivity index (χ1n) is 10.5. The molecular formula is C21H29N7O4S. The number of hydrogen-bond donors (Lipinski definition) is 1. The first-order chi connectivity index (χ1) is 16.0. The van der Waals surface area contributed by atoms with Gasteiger partial charge in [-0.15, -0.1) is 0 Å². The third-order valence-corrected chi connectivity index (χ3v) is 4.98. The Balaban J connectivity index is 0.000000569. The molecule has 178 valence electrons. The molecule has 0 saturated carbocycles. The maximum atomic E-state index is 13.1. The normalized spacial score (nSPS) is 10.4. The minimum Gasteiger partial charge on any atom is -0.383 e. The van der Waals surface area contributed by atoms with Gasteiger partial charge in [-0.25, -0.2) is 24.1 Å². The molecule has 0 spiro atoms. The van der Waals surface area contributed by atoms with Crippen LogP contribution in [0.5, 0.6) is 0 Å². The van der Waals surface area contributed by atoms with Crippen LogP contribution >= 0.6 is 0 Å². The van der Waals surface area contributed by atoms with Crippen LogP contribution in [0.15, 0.2) is 45.8 Å². The quantitative estimate of drug-likeness (QED) is 0.525. The van der Waals surface area contributed by atoms with Gasteiger partial charge in [0.15, 0.2) is 22.9 Å². The Morgan fingerprint density at radius 2 is 1.97 bits per heavy atom. The van der Waals surface area contributed by atoms with Crippen LogP contribution in [0.3, 0.4) is 0 Å². The second kappa shape index (κ2) is 13.2. The van der Waals surface area contributed by atoms with Crippen LogP contribution in [0.2, 0.25) is 0 Å². The Labute approximate surface area is 195 Å². The Kier molecular flexibility index (Phi) is 10.4. The molecule has 0 radical (unpaired) electrons. The van der Waals surface area contributed by atoms with E-state index < -0.39 is 11.7 Å². The fourth-order valence-electron chi connectivity index (χ4n) is 3.05. The molecule has 2 N–H and O–H groups in total. The van der Waals surface area contributed by atoms with Gasteiger partial charge in [-0.2, -0.15) is 8.57 Å². The highest BCUT2D eigenvalue weighted by Crippen LogP contribution is 2.17. The zero-order valence-corrected chi connectivity index (χ0v) is 19.8. The largest absolute Gasteiger partial charge is 0.383 e. The number of carbonyl (C=O) groups is 1. The molecule has 0 saturated heterocycles. The van der Waals surface area contributed by atoms with Gasteiger partial charge in [-0.3, -0.25) is 4.57 Å². The monoisotopic (exact) mass is 475 g/mol. The van der Waals surface area contributed by atoms with Crippen molar-refractivity contribution in [1.82, 2.24) is 24.0 Å². The van der Waals surface area contributed by atoms with E-state index in [1.54, 1.807) is 7.11 Å². The minimum atomic E-state index is -0.498. The number of fused-ring (bicyclic) bond motifs is 1. The fourth-order valence-corrected chi connectivity index (χ4v) is 3.31. The molecule has 3 aromatic rings. The summed E-state index contributed by atoms with van der Waals surface area (Å²) in [6, 6.07) is 9.00. The molecule has 1 aromatic carbocycles. The maximum absolute atomic E-state index is 13.1. The molecule has 0 bridgehead atoms. The molecule has 11 nitrogen and oxygen atoms in total. The topological polar surface area (TPSA) is 138 Å². The lowest BCUT2D eigenvalue weighted by Crippen LogP contribution is -2.42. The van der Waals surface area contributed by atoms with E-state index in [1.165, 1.54) is 15.8 Å². The number of nitrogens with two attached hydrogens (primary N) is 1. The number of benzene rings is 1. The molecule has 1 amide bonds. The van der Waals surface area contributed by atoms with E-state index in [2.05, 4.69) is 14.3 Å². The first-order valence-corrected chi connectivity index (χ1v) is 11.2. The average Bonchev–Trinajstić information content (AvgIpc) is 3.11. The van der Waals surface area contributed by atoms with Gasteiger partial charge in [0.2, 0.25) is 0 Å². The molecule has 33 heavy (non-hydrogen) atoms. The lowest BCUT2D eigenvalue weighted by molar-refractivity contribution is 0.152.